The lowest BCUT2D eigenvalue weighted by atomic mass is 10.0. The number of alkyl halides is 3. The summed E-state index contributed by atoms with van der Waals surface area (Å²) in [5.74, 6) is 1.56. The fourth-order valence-electron chi connectivity index (χ4n) is 2.05. The average molecular weight is 294 g/mol. The maximum absolute atomic E-state index is 12.5. The van der Waals surface area contributed by atoms with Crippen LogP contribution in [0.1, 0.15) is 25.0 Å². The van der Waals surface area contributed by atoms with E-state index in [9.17, 15) is 13.2 Å². The summed E-state index contributed by atoms with van der Waals surface area (Å²) < 4.78 is 43.3. The highest BCUT2D eigenvalue weighted by Gasteiger charge is 2.30. The maximum atomic E-state index is 12.5. The van der Waals surface area contributed by atoms with E-state index in [1.54, 1.807) is 0 Å². The summed E-state index contributed by atoms with van der Waals surface area (Å²) >= 11 is 0. The molecule has 0 bridgehead atoms. The van der Waals surface area contributed by atoms with Crippen molar-refractivity contribution < 1.29 is 17.9 Å². The zero-order valence-corrected chi connectivity index (χ0v) is 11.9. The van der Waals surface area contributed by atoms with Crippen molar-refractivity contribution in [3.8, 4) is 11.5 Å². The Balaban J connectivity index is 2.19. The van der Waals surface area contributed by atoms with E-state index in [2.05, 4.69) is 13.8 Å². The minimum Gasteiger partial charge on any atom is -0.457 e. The summed E-state index contributed by atoms with van der Waals surface area (Å²) in [5, 5.41) is 0. The second-order valence-electron chi connectivity index (χ2n) is 5.33. The summed E-state index contributed by atoms with van der Waals surface area (Å²) in [6.07, 6.45) is -3.47. The smallest absolute Gasteiger partial charge is 0.416 e. The molecule has 0 fully saturated rings. The highest BCUT2D eigenvalue weighted by atomic mass is 19.4. The van der Waals surface area contributed by atoms with E-state index in [4.69, 9.17) is 4.74 Å². The second-order valence-corrected chi connectivity index (χ2v) is 5.33. The minimum absolute atomic E-state index is 0.402. The summed E-state index contributed by atoms with van der Waals surface area (Å²) in [7, 11) is 0. The van der Waals surface area contributed by atoms with Gasteiger partial charge in [0.25, 0.3) is 0 Å². The number of para-hydroxylation sites is 1. The first-order valence-corrected chi connectivity index (χ1v) is 6.79. The molecule has 2 aromatic rings. The number of rotatable bonds is 4. The first-order chi connectivity index (χ1) is 9.86. The van der Waals surface area contributed by atoms with E-state index in [1.165, 1.54) is 12.1 Å². The zero-order valence-electron chi connectivity index (χ0n) is 11.9. The Morgan fingerprint density at radius 3 is 2.14 bits per heavy atom. The molecule has 1 nitrogen and oxygen atoms in total. The predicted octanol–water partition coefficient (Wildman–Crippen LogP) is 5.70. The highest BCUT2D eigenvalue weighted by molar-refractivity contribution is 5.39. The molecule has 0 atom stereocenters. The number of hydrogen-bond acceptors (Lipinski definition) is 1. The molecule has 0 amide bonds. The van der Waals surface area contributed by atoms with Gasteiger partial charge in [0.15, 0.2) is 0 Å². The molecule has 2 aromatic carbocycles. The standard InChI is InChI=1S/C17H17F3O/c1-12(2)11-13-5-3-4-6-16(13)21-15-9-7-14(8-10-15)17(18,19)20/h3-10,12H,11H2,1-2H3. The van der Waals surface area contributed by atoms with Gasteiger partial charge in [-0.3, -0.25) is 0 Å². The van der Waals surface area contributed by atoms with E-state index in [0.717, 1.165) is 24.1 Å². The van der Waals surface area contributed by atoms with Crippen molar-refractivity contribution in [3.63, 3.8) is 0 Å². The predicted molar refractivity (Wildman–Crippen MR) is 76.5 cm³/mol. The third kappa shape index (κ3) is 4.25. The first kappa shape index (κ1) is 15.4. The van der Waals surface area contributed by atoms with E-state index in [-0.39, 0.29) is 0 Å². The van der Waals surface area contributed by atoms with Crippen molar-refractivity contribution in [1.82, 2.24) is 0 Å². The Morgan fingerprint density at radius 2 is 1.57 bits per heavy atom. The molecule has 21 heavy (non-hydrogen) atoms. The van der Waals surface area contributed by atoms with Crippen molar-refractivity contribution in [3.05, 3.63) is 59.7 Å². The van der Waals surface area contributed by atoms with Crippen LogP contribution in [0.25, 0.3) is 0 Å². The summed E-state index contributed by atoms with van der Waals surface area (Å²) in [6, 6.07) is 12.3. The van der Waals surface area contributed by atoms with Crippen LogP contribution in [0.3, 0.4) is 0 Å². The molecule has 0 aliphatic carbocycles. The molecule has 0 saturated carbocycles. The number of hydrogen-bond donors (Lipinski definition) is 0. The van der Waals surface area contributed by atoms with Gasteiger partial charge in [0.2, 0.25) is 0 Å². The fraction of sp³-hybridized carbons (Fsp3) is 0.294. The molecular formula is C17H17F3O. The van der Waals surface area contributed by atoms with Gasteiger partial charge in [-0.2, -0.15) is 13.2 Å². The van der Waals surface area contributed by atoms with E-state index in [1.807, 2.05) is 24.3 Å². The van der Waals surface area contributed by atoms with Crippen LogP contribution in [0, 0.1) is 5.92 Å². The quantitative estimate of drug-likeness (QED) is 0.703. The SMILES string of the molecule is CC(C)Cc1ccccc1Oc1ccc(C(F)(F)F)cc1. The highest BCUT2D eigenvalue weighted by Crippen LogP contribution is 2.32. The Kier molecular flexibility index (Phi) is 4.56. The number of halogens is 3. The van der Waals surface area contributed by atoms with Crippen molar-refractivity contribution in [1.29, 1.82) is 0 Å². The van der Waals surface area contributed by atoms with Gasteiger partial charge in [0.1, 0.15) is 11.5 Å². The van der Waals surface area contributed by atoms with Crippen LogP contribution in [-0.4, -0.2) is 0 Å². The number of benzene rings is 2. The molecule has 0 unspecified atom stereocenters. The molecule has 0 spiro atoms. The Labute approximate surface area is 122 Å². The van der Waals surface area contributed by atoms with Crippen LogP contribution < -0.4 is 4.74 Å². The van der Waals surface area contributed by atoms with Gasteiger partial charge in [-0.05, 0) is 48.2 Å². The normalized spacial score (nSPS) is 11.7. The van der Waals surface area contributed by atoms with Crippen molar-refractivity contribution in [2.24, 2.45) is 5.92 Å². The minimum atomic E-state index is -4.33. The van der Waals surface area contributed by atoms with Gasteiger partial charge in [0, 0.05) is 0 Å². The van der Waals surface area contributed by atoms with Gasteiger partial charge in [0.05, 0.1) is 5.56 Å². The van der Waals surface area contributed by atoms with Gasteiger partial charge < -0.3 is 4.74 Å². The topological polar surface area (TPSA) is 9.23 Å². The largest absolute Gasteiger partial charge is 0.457 e. The molecule has 0 aromatic heterocycles. The molecule has 4 heteroatoms. The van der Waals surface area contributed by atoms with Crippen molar-refractivity contribution in [2.75, 3.05) is 0 Å². The zero-order chi connectivity index (χ0) is 15.5. The van der Waals surface area contributed by atoms with Crippen LogP contribution >= 0.6 is 0 Å². The molecule has 0 aliphatic rings. The van der Waals surface area contributed by atoms with Crippen LogP contribution in [0.5, 0.6) is 11.5 Å². The van der Waals surface area contributed by atoms with Crippen LogP contribution in [0.4, 0.5) is 13.2 Å². The fourth-order valence-corrected chi connectivity index (χ4v) is 2.05. The molecule has 2 rings (SSSR count). The number of ether oxygens (including phenoxy) is 1. The summed E-state index contributed by atoms with van der Waals surface area (Å²) in [5.41, 5.74) is 0.373. The molecule has 0 saturated heterocycles. The lowest BCUT2D eigenvalue weighted by Gasteiger charge is -2.13. The van der Waals surface area contributed by atoms with Crippen LogP contribution in [-0.2, 0) is 12.6 Å². The third-order valence-electron chi connectivity index (χ3n) is 3.01. The Bertz CT molecular complexity index is 586. The molecule has 0 aliphatic heterocycles. The maximum Gasteiger partial charge on any atom is 0.416 e. The average Bonchev–Trinajstić information content (AvgIpc) is 2.40. The second kappa shape index (κ2) is 6.20. The lowest BCUT2D eigenvalue weighted by Crippen LogP contribution is -2.04. The molecule has 0 radical (unpaired) electrons. The van der Waals surface area contributed by atoms with Crippen LogP contribution in [0.15, 0.2) is 48.5 Å². The Hall–Kier alpha value is -1.97. The van der Waals surface area contributed by atoms with Crippen molar-refractivity contribution >= 4 is 0 Å². The van der Waals surface area contributed by atoms with E-state index in [0.29, 0.717) is 17.4 Å². The molecule has 0 heterocycles. The van der Waals surface area contributed by atoms with Crippen molar-refractivity contribution in [2.45, 2.75) is 26.4 Å². The Morgan fingerprint density at radius 1 is 0.952 bits per heavy atom. The molecular weight excluding hydrogens is 277 g/mol. The summed E-state index contributed by atoms with van der Waals surface area (Å²) in [6.45, 7) is 4.21. The van der Waals surface area contributed by atoms with Gasteiger partial charge in [-0.15, -0.1) is 0 Å². The third-order valence-corrected chi connectivity index (χ3v) is 3.01. The van der Waals surface area contributed by atoms with Gasteiger partial charge in [-0.25, -0.2) is 0 Å². The monoisotopic (exact) mass is 294 g/mol. The molecule has 0 N–H and O–H groups in total. The van der Waals surface area contributed by atoms with E-state index >= 15 is 0 Å². The first-order valence-electron chi connectivity index (χ1n) is 6.79. The summed E-state index contributed by atoms with van der Waals surface area (Å²) in [4.78, 5) is 0. The van der Waals surface area contributed by atoms with Gasteiger partial charge in [-0.1, -0.05) is 32.0 Å². The van der Waals surface area contributed by atoms with E-state index < -0.39 is 11.7 Å². The van der Waals surface area contributed by atoms with Crippen LogP contribution in [0.2, 0.25) is 0 Å². The molecule has 112 valence electrons. The van der Waals surface area contributed by atoms with Gasteiger partial charge >= 0.3 is 6.18 Å². The lowest BCUT2D eigenvalue weighted by molar-refractivity contribution is -0.137.